The van der Waals surface area contributed by atoms with Crippen molar-refractivity contribution in [2.24, 2.45) is 0 Å². The summed E-state index contributed by atoms with van der Waals surface area (Å²) in [5, 5.41) is 5.50. The maximum atomic E-state index is 13.6. The number of carbonyl (C=O) groups excluding carboxylic acids is 2. The Hall–Kier alpha value is -3.06. The second kappa shape index (κ2) is 9.75. The van der Waals surface area contributed by atoms with Crippen molar-refractivity contribution in [3.05, 3.63) is 89.6 Å². The van der Waals surface area contributed by atoms with Crippen LogP contribution in [0.15, 0.2) is 71.3 Å². The Morgan fingerprint density at radius 1 is 0.964 bits per heavy atom. The van der Waals surface area contributed by atoms with Gasteiger partial charge in [0, 0.05) is 18.1 Å². The van der Waals surface area contributed by atoms with Crippen LogP contribution in [0.25, 0.3) is 0 Å². The summed E-state index contributed by atoms with van der Waals surface area (Å²) >= 11 is 1.53. The number of hydrogen-bond donors (Lipinski definition) is 2. The Bertz CT molecular complexity index is 944. The van der Waals surface area contributed by atoms with Gasteiger partial charge in [-0.3, -0.25) is 9.59 Å². The molecule has 2 amide bonds. The first-order chi connectivity index (χ1) is 13.6. The first-order valence-electron chi connectivity index (χ1n) is 8.68. The number of benzene rings is 2. The molecule has 0 saturated heterocycles. The van der Waals surface area contributed by atoms with Crippen LogP contribution in [0.1, 0.15) is 26.5 Å². The van der Waals surface area contributed by atoms with E-state index in [1.54, 1.807) is 54.6 Å². The van der Waals surface area contributed by atoms with Crippen molar-refractivity contribution < 1.29 is 18.4 Å². The smallest absolute Gasteiger partial charge is 0.291 e. The molecule has 0 spiro atoms. The third kappa shape index (κ3) is 5.23. The number of furan rings is 1. The van der Waals surface area contributed by atoms with Crippen molar-refractivity contribution >= 4 is 29.3 Å². The number of para-hydroxylation sites is 1. The van der Waals surface area contributed by atoms with Gasteiger partial charge in [0.1, 0.15) is 5.82 Å². The average Bonchev–Trinajstić information content (AvgIpc) is 3.24. The fourth-order valence-corrected chi connectivity index (χ4v) is 3.36. The molecule has 0 aliphatic heterocycles. The molecule has 0 aliphatic carbocycles. The van der Waals surface area contributed by atoms with Crippen LogP contribution in [0.3, 0.4) is 0 Å². The molecule has 0 unspecified atom stereocenters. The SMILES string of the molecule is O=C(Nc1ccccc1C(=O)NCCSCc1ccccc1F)c1ccco1. The molecule has 0 fully saturated rings. The lowest BCUT2D eigenvalue weighted by molar-refractivity contribution is 0.0957. The van der Waals surface area contributed by atoms with Gasteiger partial charge in [-0.1, -0.05) is 30.3 Å². The number of halogens is 1. The topological polar surface area (TPSA) is 71.3 Å². The number of nitrogens with one attached hydrogen (secondary N) is 2. The summed E-state index contributed by atoms with van der Waals surface area (Å²) in [6.45, 7) is 0.429. The molecule has 0 bridgehead atoms. The lowest BCUT2D eigenvalue weighted by Crippen LogP contribution is -2.27. The molecule has 3 rings (SSSR count). The van der Waals surface area contributed by atoms with E-state index in [-0.39, 0.29) is 17.5 Å². The van der Waals surface area contributed by atoms with Crippen LogP contribution >= 0.6 is 11.8 Å². The van der Waals surface area contributed by atoms with Crippen molar-refractivity contribution in [1.82, 2.24) is 5.32 Å². The van der Waals surface area contributed by atoms with Gasteiger partial charge in [-0.05, 0) is 35.9 Å². The van der Waals surface area contributed by atoms with Crippen LogP contribution in [-0.4, -0.2) is 24.1 Å². The molecular weight excluding hydrogens is 379 g/mol. The van der Waals surface area contributed by atoms with Gasteiger partial charge < -0.3 is 15.1 Å². The van der Waals surface area contributed by atoms with E-state index < -0.39 is 5.91 Å². The lowest BCUT2D eigenvalue weighted by atomic mass is 10.1. The van der Waals surface area contributed by atoms with E-state index in [1.807, 2.05) is 0 Å². The van der Waals surface area contributed by atoms with E-state index in [0.29, 0.717) is 34.9 Å². The van der Waals surface area contributed by atoms with Gasteiger partial charge in [-0.25, -0.2) is 4.39 Å². The quantitative estimate of drug-likeness (QED) is 0.554. The summed E-state index contributed by atoms with van der Waals surface area (Å²) < 4.78 is 18.6. The standard InChI is InChI=1S/C21H19FN2O3S/c22-17-8-3-1-6-15(17)14-28-13-11-23-20(25)16-7-2-4-9-18(16)24-21(26)19-10-5-12-27-19/h1-10,12H,11,13-14H2,(H,23,25)(H,24,26). The van der Waals surface area contributed by atoms with Gasteiger partial charge >= 0.3 is 0 Å². The number of hydrogen-bond acceptors (Lipinski definition) is 4. The molecule has 1 heterocycles. The van der Waals surface area contributed by atoms with E-state index >= 15 is 0 Å². The molecular formula is C21H19FN2O3S. The summed E-state index contributed by atoms with van der Waals surface area (Å²) in [5.41, 5.74) is 1.41. The fourth-order valence-electron chi connectivity index (χ4n) is 2.51. The first-order valence-corrected chi connectivity index (χ1v) is 9.84. The first kappa shape index (κ1) is 19.7. The third-order valence-corrected chi connectivity index (χ3v) is 4.92. The highest BCUT2D eigenvalue weighted by Crippen LogP contribution is 2.17. The van der Waals surface area contributed by atoms with E-state index in [0.717, 1.165) is 0 Å². The van der Waals surface area contributed by atoms with Gasteiger partial charge in [0.25, 0.3) is 11.8 Å². The predicted octanol–water partition coefficient (Wildman–Crippen LogP) is 4.33. The van der Waals surface area contributed by atoms with Crippen molar-refractivity contribution in [3.63, 3.8) is 0 Å². The zero-order chi connectivity index (χ0) is 19.8. The van der Waals surface area contributed by atoms with Gasteiger partial charge in [-0.2, -0.15) is 11.8 Å². The molecule has 144 valence electrons. The monoisotopic (exact) mass is 398 g/mol. The largest absolute Gasteiger partial charge is 0.459 e. The minimum absolute atomic E-state index is 0.166. The Morgan fingerprint density at radius 3 is 2.54 bits per heavy atom. The predicted molar refractivity (Wildman–Crippen MR) is 108 cm³/mol. The maximum Gasteiger partial charge on any atom is 0.291 e. The van der Waals surface area contributed by atoms with E-state index in [1.165, 1.54) is 24.1 Å². The molecule has 1 aromatic heterocycles. The summed E-state index contributed by atoms with van der Waals surface area (Å²) in [5.74, 6) is 0.409. The molecule has 5 nitrogen and oxygen atoms in total. The minimum Gasteiger partial charge on any atom is -0.459 e. The molecule has 0 saturated carbocycles. The normalized spacial score (nSPS) is 10.5. The Kier molecular flexibility index (Phi) is 6.86. The zero-order valence-corrected chi connectivity index (χ0v) is 15.8. The molecule has 0 aliphatic rings. The van der Waals surface area contributed by atoms with Crippen molar-refractivity contribution in [3.8, 4) is 0 Å². The van der Waals surface area contributed by atoms with Crippen molar-refractivity contribution in [2.75, 3.05) is 17.6 Å². The van der Waals surface area contributed by atoms with E-state index in [2.05, 4.69) is 10.6 Å². The molecule has 0 radical (unpaired) electrons. The molecule has 0 atom stereocenters. The van der Waals surface area contributed by atoms with Gasteiger partial charge in [0.05, 0.1) is 17.5 Å². The van der Waals surface area contributed by atoms with Crippen LogP contribution in [-0.2, 0) is 5.75 Å². The minimum atomic E-state index is -0.425. The van der Waals surface area contributed by atoms with Crippen LogP contribution < -0.4 is 10.6 Å². The number of amides is 2. The molecule has 28 heavy (non-hydrogen) atoms. The molecule has 7 heteroatoms. The highest BCUT2D eigenvalue weighted by atomic mass is 32.2. The van der Waals surface area contributed by atoms with E-state index in [9.17, 15) is 14.0 Å². The molecule has 2 aromatic carbocycles. The van der Waals surface area contributed by atoms with E-state index in [4.69, 9.17) is 4.42 Å². The third-order valence-electron chi connectivity index (χ3n) is 3.91. The van der Waals surface area contributed by atoms with Crippen LogP contribution in [0.5, 0.6) is 0 Å². The van der Waals surface area contributed by atoms with Gasteiger partial charge in [0.2, 0.25) is 0 Å². The Labute approximate surface area is 166 Å². The Morgan fingerprint density at radius 2 is 1.75 bits per heavy atom. The van der Waals surface area contributed by atoms with Crippen LogP contribution in [0.2, 0.25) is 0 Å². The Balaban J connectivity index is 1.50. The fraction of sp³-hybridized carbons (Fsp3) is 0.143. The number of anilines is 1. The summed E-state index contributed by atoms with van der Waals surface area (Å²) in [4.78, 5) is 24.6. The summed E-state index contributed by atoms with van der Waals surface area (Å²) in [7, 11) is 0. The number of carbonyl (C=O) groups is 2. The van der Waals surface area contributed by atoms with Crippen molar-refractivity contribution in [1.29, 1.82) is 0 Å². The summed E-state index contributed by atoms with van der Waals surface area (Å²) in [6, 6.07) is 16.6. The number of thioether (sulfide) groups is 1. The second-order valence-corrected chi connectivity index (χ2v) is 6.98. The van der Waals surface area contributed by atoms with Crippen LogP contribution in [0.4, 0.5) is 10.1 Å². The zero-order valence-electron chi connectivity index (χ0n) is 15.0. The van der Waals surface area contributed by atoms with Gasteiger partial charge in [0.15, 0.2) is 5.76 Å². The van der Waals surface area contributed by atoms with Crippen molar-refractivity contribution in [2.45, 2.75) is 5.75 Å². The second-order valence-electron chi connectivity index (χ2n) is 5.88. The van der Waals surface area contributed by atoms with Crippen LogP contribution in [0, 0.1) is 5.82 Å². The highest BCUT2D eigenvalue weighted by Gasteiger charge is 2.15. The van der Waals surface area contributed by atoms with Gasteiger partial charge in [-0.15, -0.1) is 0 Å². The summed E-state index contributed by atoms with van der Waals surface area (Å²) in [6.07, 6.45) is 1.41. The average molecular weight is 398 g/mol. The lowest BCUT2D eigenvalue weighted by Gasteiger charge is -2.11. The number of rotatable bonds is 8. The molecule has 3 aromatic rings. The molecule has 2 N–H and O–H groups in total. The highest BCUT2D eigenvalue weighted by molar-refractivity contribution is 7.98. The maximum absolute atomic E-state index is 13.6.